The number of nitrogens with zero attached hydrogens (tertiary/aromatic N) is 3. The molecule has 1 heterocycles. The van der Waals surface area contributed by atoms with Gasteiger partial charge in [-0.1, -0.05) is 30.5 Å². The third-order valence-electron chi connectivity index (χ3n) is 4.01. The standard InChI is InChI=1S/C15H17ClN4O2/c16-11-4-3-5-12(8-11)20-17-9-13(19-20)14(22)18-15(10-21)6-1-2-7-15/h3-5,8-9,21H,1-2,6-7,10H2,(H,18,22). The summed E-state index contributed by atoms with van der Waals surface area (Å²) in [7, 11) is 0. The maximum Gasteiger partial charge on any atom is 0.273 e. The number of nitrogens with one attached hydrogen (secondary N) is 1. The monoisotopic (exact) mass is 320 g/mol. The summed E-state index contributed by atoms with van der Waals surface area (Å²) in [6, 6.07) is 7.07. The smallest absolute Gasteiger partial charge is 0.273 e. The molecule has 1 amide bonds. The van der Waals surface area contributed by atoms with Crippen molar-refractivity contribution in [3.05, 3.63) is 41.2 Å². The van der Waals surface area contributed by atoms with E-state index in [0.29, 0.717) is 10.7 Å². The summed E-state index contributed by atoms with van der Waals surface area (Å²) >= 11 is 5.94. The zero-order valence-corrected chi connectivity index (χ0v) is 12.8. The topological polar surface area (TPSA) is 80.0 Å². The van der Waals surface area contributed by atoms with Gasteiger partial charge >= 0.3 is 0 Å². The first-order chi connectivity index (χ1) is 10.6. The van der Waals surface area contributed by atoms with Crippen LogP contribution in [0.3, 0.4) is 0 Å². The van der Waals surface area contributed by atoms with Crippen LogP contribution in [-0.4, -0.2) is 38.2 Å². The Balaban J connectivity index is 1.77. The van der Waals surface area contributed by atoms with E-state index in [9.17, 15) is 9.90 Å². The fraction of sp³-hybridized carbons (Fsp3) is 0.400. The molecule has 6 nitrogen and oxygen atoms in total. The van der Waals surface area contributed by atoms with Gasteiger partial charge in [-0.15, -0.1) is 5.10 Å². The molecule has 0 unspecified atom stereocenters. The number of carbonyl (C=O) groups is 1. The van der Waals surface area contributed by atoms with Crippen molar-refractivity contribution in [2.75, 3.05) is 6.61 Å². The number of halogens is 1. The van der Waals surface area contributed by atoms with Gasteiger partial charge in [0.1, 0.15) is 0 Å². The Hall–Kier alpha value is -1.92. The average molecular weight is 321 g/mol. The quantitative estimate of drug-likeness (QED) is 0.902. The van der Waals surface area contributed by atoms with Crippen molar-refractivity contribution in [1.29, 1.82) is 0 Å². The van der Waals surface area contributed by atoms with Crippen LogP contribution in [-0.2, 0) is 0 Å². The van der Waals surface area contributed by atoms with E-state index in [-0.39, 0.29) is 18.2 Å². The van der Waals surface area contributed by atoms with Crippen LogP contribution in [0.25, 0.3) is 5.69 Å². The number of hydrogen-bond donors (Lipinski definition) is 2. The number of benzene rings is 1. The molecule has 0 spiro atoms. The van der Waals surface area contributed by atoms with E-state index < -0.39 is 5.54 Å². The van der Waals surface area contributed by atoms with Gasteiger partial charge in [0.2, 0.25) is 0 Å². The molecule has 2 aromatic rings. The molecule has 3 rings (SSSR count). The van der Waals surface area contributed by atoms with Crippen molar-refractivity contribution in [2.45, 2.75) is 31.2 Å². The predicted molar refractivity (Wildman–Crippen MR) is 82.1 cm³/mol. The van der Waals surface area contributed by atoms with Gasteiger partial charge in [-0.2, -0.15) is 9.90 Å². The highest BCUT2D eigenvalue weighted by atomic mass is 35.5. The van der Waals surface area contributed by atoms with Crippen molar-refractivity contribution in [3.8, 4) is 5.69 Å². The second kappa shape index (κ2) is 6.06. The minimum Gasteiger partial charge on any atom is -0.394 e. The molecule has 1 aliphatic rings. The van der Waals surface area contributed by atoms with E-state index >= 15 is 0 Å². The molecular formula is C15H17ClN4O2. The lowest BCUT2D eigenvalue weighted by molar-refractivity contribution is 0.0833. The largest absolute Gasteiger partial charge is 0.394 e. The molecule has 1 aromatic carbocycles. The molecule has 22 heavy (non-hydrogen) atoms. The van der Waals surface area contributed by atoms with Crippen molar-refractivity contribution in [3.63, 3.8) is 0 Å². The van der Waals surface area contributed by atoms with Crippen LogP contribution < -0.4 is 5.32 Å². The van der Waals surface area contributed by atoms with Gasteiger partial charge in [-0.25, -0.2) is 0 Å². The molecule has 0 atom stereocenters. The first-order valence-corrected chi connectivity index (χ1v) is 7.61. The summed E-state index contributed by atoms with van der Waals surface area (Å²) in [5.41, 5.74) is 0.390. The van der Waals surface area contributed by atoms with Gasteiger partial charge in [0.15, 0.2) is 5.69 Å². The molecule has 0 radical (unpaired) electrons. The Morgan fingerprint density at radius 1 is 1.41 bits per heavy atom. The van der Waals surface area contributed by atoms with E-state index in [1.54, 1.807) is 24.3 Å². The summed E-state index contributed by atoms with van der Waals surface area (Å²) in [5, 5.41) is 21.3. The minimum atomic E-state index is -0.517. The first kappa shape index (κ1) is 15.0. The van der Waals surface area contributed by atoms with E-state index in [4.69, 9.17) is 11.6 Å². The molecule has 0 saturated heterocycles. The van der Waals surface area contributed by atoms with E-state index in [2.05, 4.69) is 15.5 Å². The van der Waals surface area contributed by atoms with Crippen LogP contribution in [0.1, 0.15) is 36.2 Å². The van der Waals surface area contributed by atoms with E-state index in [1.165, 1.54) is 11.0 Å². The lowest BCUT2D eigenvalue weighted by Gasteiger charge is -2.27. The Morgan fingerprint density at radius 2 is 2.18 bits per heavy atom. The highest BCUT2D eigenvalue weighted by Gasteiger charge is 2.35. The number of carbonyl (C=O) groups excluding carboxylic acids is 1. The van der Waals surface area contributed by atoms with Gasteiger partial charge in [0, 0.05) is 5.02 Å². The summed E-state index contributed by atoms with van der Waals surface area (Å²) in [5.74, 6) is -0.316. The molecule has 0 bridgehead atoms. The van der Waals surface area contributed by atoms with Crippen molar-refractivity contribution < 1.29 is 9.90 Å². The molecular weight excluding hydrogens is 304 g/mol. The molecule has 116 valence electrons. The number of amides is 1. The molecule has 7 heteroatoms. The first-order valence-electron chi connectivity index (χ1n) is 7.24. The second-order valence-corrected chi connectivity index (χ2v) is 6.04. The summed E-state index contributed by atoms with van der Waals surface area (Å²) < 4.78 is 0. The number of aromatic nitrogens is 3. The third kappa shape index (κ3) is 2.98. The normalized spacial score (nSPS) is 16.6. The van der Waals surface area contributed by atoms with Crippen LogP contribution >= 0.6 is 11.6 Å². The fourth-order valence-electron chi connectivity index (χ4n) is 2.77. The predicted octanol–water partition coefficient (Wildman–Crippen LogP) is 1.96. The maximum atomic E-state index is 12.3. The number of hydrogen-bond acceptors (Lipinski definition) is 4. The van der Waals surface area contributed by atoms with Crippen LogP contribution in [0.4, 0.5) is 0 Å². The zero-order chi connectivity index (χ0) is 15.6. The Kier molecular flexibility index (Phi) is 4.13. The highest BCUT2D eigenvalue weighted by Crippen LogP contribution is 2.29. The minimum absolute atomic E-state index is 0.0544. The average Bonchev–Trinajstić information content (AvgIpc) is 3.17. The highest BCUT2D eigenvalue weighted by molar-refractivity contribution is 6.30. The lowest BCUT2D eigenvalue weighted by Crippen LogP contribution is -2.49. The van der Waals surface area contributed by atoms with E-state index in [1.807, 2.05) is 0 Å². The molecule has 1 aromatic heterocycles. The maximum absolute atomic E-state index is 12.3. The van der Waals surface area contributed by atoms with Gasteiger partial charge in [0.05, 0.1) is 24.0 Å². The molecule has 1 saturated carbocycles. The Morgan fingerprint density at radius 3 is 2.86 bits per heavy atom. The van der Waals surface area contributed by atoms with Gasteiger partial charge in [-0.05, 0) is 31.0 Å². The second-order valence-electron chi connectivity index (χ2n) is 5.60. The summed E-state index contributed by atoms with van der Waals surface area (Å²) in [6.07, 6.45) is 5.01. The number of aliphatic hydroxyl groups is 1. The zero-order valence-electron chi connectivity index (χ0n) is 12.0. The number of aliphatic hydroxyl groups excluding tert-OH is 1. The molecule has 2 N–H and O–H groups in total. The SMILES string of the molecule is O=C(NC1(CO)CCCC1)c1cnn(-c2cccc(Cl)c2)n1. The van der Waals surface area contributed by atoms with Crippen molar-refractivity contribution in [1.82, 2.24) is 20.3 Å². The Bertz CT molecular complexity index is 680. The molecule has 0 aliphatic heterocycles. The number of rotatable bonds is 4. The third-order valence-corrected chi connectivity index (χ3v) is 4.24. The molecule has 1 aliphatic carbocycles. The molecule has 1 fully saturated rings. The summed E-state index contributed by atoms with van der Waals surface area (Å²) in [4.78, 5) is 13.7. The van der Waals surface area contributed by atoms with Crippen LogP contribution in [0, 0.1) is 0 Å². The van der Waals surface area contributed by atoms with Gasteiger partial charge < -0.3 is 10.4 Å². The van der Waals surface area contributed by atoms with Gasteiger partial charge in [-0.3, -0.25) is 4.79 Å². The van der Waals surface area contributed by atoms with E-state index in [0.717, 1.165) is 25.7 Å². The Labute approximate surface area is 133 Å². The van der Waals surface area contributed by atoms with Crippen LogP contribution in [0.15, 0.2) is 30.5 Å². The van der Waals surface area contributed by atoms with Crippen LogP contribution in [0.5, 0.6) is 0 Å². The van der Waals surface area contributed by atoms with Gasteiger partial charge in [0.25, 0.3) is 5.91 Å². The fourth-order valence-corrected chi connectivity index (χ4v) is 2.96. The van der Waals surface area contributed by atoms with Crippen molar-refractivity contribution >= 4 is 17.5 Å². The summed E-state index contributed by atoms with van der Waals surface area (Å²) in [6.45, 7) is -0.0544. The van der Waals surface area contributed by atoms with Crippen molar-refractivity contribution in [2.24, 2.45) is 0 Å². The lowest BCUT2D eigenvalue weighted by atomic mass is 9.99. The van der Waals surface area contributed by atoms with Crippen LogP contribution in [0.2, 0.25) is 5.02 Å².